The number of hydrogen-bond donors (Lipinski definition) is 1. The van der Waals surface area contributed by atoms with E-state index in [-0.39, 0.29) is 5.82 Å². The summed E-state index contributed by atoms with van der Waals surface area (Å²) in [5, 5.41) is 3.63. The molecule has 0 radical (unpaired) electrons. The lowest BCUT2D eigenvalue weighted by molar-refractivity contribution is 0.313. The van der Waals surface area contributed by atoms with Gasteiger partial charge in [0.25, 0.3) is 0 Å². The number of rotatable bonds is 4. The molecule has 1 unspecified atom stereocenters. The van der Waals surface area contributed by atoms with E-state index in [4.69, 9.17) is 0 Å². The maximum atomic E-state index is 13.0. The van der Waals surface area contributed by atoms with Crippen LogP contribution in [-0.2, 0) is 0 Å². The molecular formula is C17H19FN2. The van der Waals surface area contributed by atoms with Gasteiger partial charge in [0.2, 0.25) is 0 Å². The van der Waals surface area contributed by atoms with Gasteiger partial charge in [-0.25, -0.2) is 4.39 Å². The van der Waals surface area contributed by atoms with E-state index in [0.717, 1.165) is 11.3 Å². The summed E-state index contributed by atoms with van der Waals surface area (Å²) in [6.45, 7) is 2.18. The monoisotopic (exact) mass is 270 g/mol. The molecule has 0 saturated heterocycles. The summed E-state index contributed by atoms with van der Waals surface area (Å²) in [6.07, 6.45) is 5.72. The molecule has 2 aromatic rings. The third-order valence-electron chi connectivity index (χ3n) is 4.01. The van der Waals surface area contributed by atoms with E-state index in [2.05, 4.69) is 23.3 Å². The van der Waals surface area contributed by atoms with Crippen molar-refractivity contribution in [3.8, 4) is 11.3 Å². The molecule has 1 N–H and O–H groups in total. The summed E-state index contributed by atoms with van der Waals surface area (Å²) in [5.74, 6) is -0.218. The summed E-state index contributed by atoms with van der Waals surface area (Å²) in [4.78, 5) is 4.38. The Morgan fingerprint density at radius 3 is 2.60 bits per heavy atom. The smallest absolute Gasteiger partial charge is 0.123 e. The van der Waals surface area contributed by atoms with Gasteiger partial charge in [0.05, 0.1) is 5.69 Å². The first-order valence-electron chi connectivity index (χ1n) is 7.20. The quantitative estimate of drug-likeness (QED) is 0.905. The van der Waals surface area contributed by atoms with Crippen LogP contribution < -0.4 is 5.32 Å². The van der Waals surface area contributed by atoms with Crippen LogP contribution in [0.5, 0.6) is 0 Å². The minimum absolute atomic E-state index is 0.218. The average molecular weight is 270 g/mol. The zero-order valence-electron chi connectivity index (χ0n) is 11.6. The van der Waals surface area contributed by atoms with Crippen molar-refractivity contribution in [2.45, 2.75) is 38.3 Å². The minimum Gasteiger partial charge on any atom is -0.307 e. The molecule has 1 atom stereocenters. The molecule has 1 fully saturated rings. The van der Waals surface area contributed by atoms with Crippen LogP contribution in [0.3, 0.4) is 0 Å². The Labute approximate surface area is 119 Å². The van der Waals surface area contributed by atoms with Crippen molar-refractivity contribution in [1.82, 2.24) is 10.3 Å². The second-order valence-corrected chi connectivity index (χ2v) is 5.50. The van der Waals surface area contributed by atoms with Crippen molar-refractivity contribution < 1.29 is 4.39 Å². The van der Waals surface area contributed by atoms with Crippen LogP contribution in [-0.4, -0.2) is 11.0 Å². The highest BCUT2D eigenvalue weighted by atomic mass is 19.1. The molecule has 0 bridgehead atoms. The van der Waals surface area contributed by atoms with Crippen LogP contribution in [0.1, 0.15) is 37.8 Å². The molecular weight excluding hydrogens is 251 g/mol. The Kier molecular flexibility index (Phi) is 3.79. The Hall–Kier alpha value is -1.74. The molecule has 104 valence electrons. The van der Waals surface area contributed by atoms with Crippen LogP contribution in [0, 0.1) is 5.82 Å². The van der Waals surface area contributed by atoms with Crippen LogP contribution in [0.25, 0.3) is 11.3 Å². The van der Waals surface area contributed by atoms with E-state index in [1.54, 1.807) is 12.1 Å². The Bertz CT molecular complexity index is 576. The van der Waals surface area contributed by atoms with E-state index in [9.17, 15) is 4.39 Å². The van der Waals surface area contributed by atoms with Gasteiger partial charge in [0, 0.05) is 23.8 Å². The average Bonchev–Trinajstić information content (AvgIpc) is 2.43. The highest BCUT2D eigenvalue weighted by Crippen LogP contribution is 2.25. The van der Waals surface area contributed by atoms with Crippen LogP contribution in [0.2, 0.25) is 0 Å². The number of halogens is 1. The molecule has 3 rings (SSSR count). The second kappa shape index (κ2) is 5.71. The van der Waals surface area contributed by atoms with Crippen molar-refractivity contribution in [1.29, 1.82) is 0 Å². The highest BCUT2D eigenvalue weighted by molar-refractivity contribution is 5.59. The zero-order valence-corrected chi connectivity index (χ0v) is 11.6. The lowest BCUT2D eigenvalue weighted by Gasteiger charge is -2.30. The van der Waals surface area contributed by atoms with Crippen molar-refractivity contribution in [3.63, 3.8) is 0 Å². The molecule has 1 heterocycles. The van der Waals surface area contributed by atoms with Gasteiger partial charge in [-0.1, -0.05) is 6.42 Å². The SMILES string of the molecule is CC(NC1CCC1)c1ccnc(-c2ccc(F)cc2)c1. The summed E-state index contributed by atoms with van der Waals surface area (Å²) >= 11 is 0. The van der Waals surface area contributed by atoms with Gasteiger partial charge in [0.15, 0.2) is 0 Å². The maximum absolute atomic E-state index is 13.0. The molecule has 0 amide bonds. The van der Waals surface area contributed by atoms with Crippen LogP contribution in [0.15, 0.2) is 42.6 Å². The van der Waals surface area contributed by atoms with Crippen molar-refractivity contribution in [2.75, 3.05) is 0 Å². The van der Waals surface area contributed by atoms with Crippen LogP contribution >= 0.6 is 0 Å². The molecule has 2 nitrogen and oxygen atoms in total. The zero-order chi connectivity index (χ0) is 13.9. The number of pyridine rings is 1. The molecule has 1 aromatic heterocycles. The van der Waals surface area contributed by atoms with Crippen molar-refractivity contribution in [2.24, 2.45) is 0 Å². The number of aromatic nitrogens is 1. The van der Waals surface area contributed by atoms with E-state index in [1.165, 1.54) is 37.0 Å². The largest absolute Gasteiger partial charge is 0.307 e. The van der Waals surface area contributed by atoms with Crippen molar-refractivity contribution >= 4 is 0 Å². The molecule has 3 heteroatoms. The topological polar surface area (TPSA) is 24.9 Å². The fraction of sp³-hybridized carbons (Fsp3) is 0.353. The molecule has 1 aliphatic carbocycles. The van der Waals surface area contributed by atoms with Gasteiger partial charge in [-0.15, -0.1) is 0 Å². The van der Waals surface area contributed by atoms with E-state index < -0.39 is 0 Å². The summed E-state index contributed by atoms with van der Waals surface area (Å²) in [7, 11) is 0. The van der Waals surface area contributed by atoms with Gasteiger partial charge >= 0.3 is 0 Å². The van der Waals surface area contributed by atoms with E-state index >= 15 is 0 Å². The standard InChI is InChI=1S/C17H19FN2/c1-12(20-16-3-2-4-16)14-9-10-19-17(11-14)13-5-7-15(18)8-6-13/h5-12,16,20H,2-4H2,1H3. The normalized spacial score (nSPS) is 16.7. The van der Waals surface area contributed by atoms with E-state index in [0.29, 0.717) is 12.1 Å². The molecule has 0 aliphatic heterocycles. The van der Waals surface area contributed by atoms with Gasteiger partial charge in [0.1, 0.15) is 5.82 Å². The predicted octanol–water partition coefficient (Wildman–Crippen LogP) is 4.09. The lowest BCUT2D eigenvalue weighted by atomic mass is 9.92. The predicted molar refractivity (Wildman–Crippen MR) is 78.8 cm³/mol. The molecule has 1 aromatic carbocycles. The fourth-order valence-electron chi connectivity index (χ4n) is 2.52. The number of hydrogen-bond acceptors (Lipinski definition) is 2. The maximum Gasteiger partial charge on any atom is 0.123 e. The minimum atomic E-state index is -0.218. The second-order valence-electron chi connectivity index (χ2n) is 5.50. The highest BCUT2D eigenvalue weighted by Gasteiger charge is 2.19. The van der Waals surface area contributed by atoms with Gasteiger partial charge in [-0.2, -0.15) is 0 Å². The molecule has 0 spiro atoms. The number of nitrogens with zero attached hydrogens (tertiary/aromatic N) is 1. The van der Waals surface area contributed by atoms with Gasteiger partial charge in [-0.05, 0) is 61.7 Å². The third kappa shape index (κ3) is 2.88. The first-order valence-corrected chi connectivity index (χ1v) is 7.20. The number of benzene rings is 1. The summed E-state index contributed by atoms with van der Waals surface area (Å²) in [6, 6.07) is 11.6. The summed E-state index contributed by atoms with van der Waals surface area (Å²) in [5.41, 5.74) is 3.07. The van der Waals surface area contributed by atoms with Gasteiger partial charge in [-0.3, -0.25) is 4.98 Å². The lowest BCUT2D eigenvalue weighted by Crippen LogP contribution is -2.36. The van der Waals surface area contributed by atoms with Gasteiger partial charge < -0.3 is 5.32 Å². The Morgan fingerprint density at radius 2 is 1.95 bits per heavy atom. The summed E-state index contributed by atoms with van der Waals surface area (Å²) < 4.78 is 13.0. The van der Waals surface area contributed by atoms with Crippen molar-refractivity contribution in [3.05, 3.63) is 54.0 Å². The number of nitrogens with one attached hydrogen (secondary N) is 1. The third-order valence-corrected chi connectivity index (χ3v) is 4.01. The molecule has 20 heavy (non-hydrogen) atoms. The fourth-order valence-corrected chi connectivity index (χ4v) is 2.52. The Morgan fingerprint density at radius 1 is 1.20 bits per heavy atom. The van der Waals surface area contributed by atoms with Crippen LogP contribution in [0.4, 0.5) is 4.39 Å². The van der Waals surface area contributed by atoms with E-state index in [1.807, 2.05) is 12.3 Å². The first kappa shape index (κ1) is 13.3. The molecule has 1 saturated carbocycles. The first-order chi connectivity index (χ1) is 9.72. The molecule has 1 aliphatic rings. The Balaban J connectivity index is 1.79.